The molecule has 0 radical (unpaired) electrons. The van der Waals surface area contributed by atoms with Crippen molar-refractivity contribution < 1.29 is 9.72 Å². The lowest BCUT2D eigenvalue weighted by atomic mass is 10.2. The van der Waals surface area contributed by atoms with Crippen LogP contribution in [0.2, 0.25) is 5.02 Å². The summed E-state index contributed by atoms with van der Waals surface area (Å²) in [5, 5.41) is 13.3. The Morgan fingerprint density at radius 1 is 1.39 bits per heavy atom. The minimum atomic E-state index is -0.601. The van der Waals surface area contributed by atoms with E-state index in [2.05, 4.69) is 5.32 Å². The van der Waals surface area contributed by atoms with Crippen molar-refractivity contribution in [2.45, 2.75) is 0 Å². The molecular formula is C11H10Cl2N2O3. The van der Waals surface area contributed by atoms with E-state index >= 15 is 0 Å². The summed E-state index contributed by atoms with van der Waals surface area (Å²) in [7, 11) is 0. The third-order valence-electron chi connectivity index (χ3n) is 1.99. The van der Waals surface area contributed by atoms with E-state index in [9.17, 15) is 14.9 Å². The molecule has 5 nitrogen and oxygen atoms in total. The SMILES string of the molecule is O=C(NC/C=C/CCl)c1cc(Cl)cc([N+](=O)[O-])c1. The number of non-ortho nitro benzene ring substituents is 1. The van der Waals surface area contributed by atoms with Crippen molar-refractivity contribution in [3.05, 3.63) is 51.1 Å². The Labute approximate surface area is 114 Å². The lowest BCUT2D eigenvalue weighted by molar-refractivity contribution is -0.384. The van der Waals surface area contributed by atoms with Crippen molar-refractivity contribution in [3.63, 3.8) is 0 Å². The van der Waals surface area contributed by atoms with Gasteiger partial charge in [-0.05, 0) is 6.07 Å². The average Bonchev–Trinajstić information content (AvgIpc) is 2.33. The first-order chi connectivity index (χ1) is 8.54. The summed E-state index contributed by atoms with van der Waals surface area (Å²) in [4.78, 5) is 21.7. The van der Waals surface area contributed by atoms with E-state index in [1.165, 1.54) is 18.2 Å². The summed E-state index contributed by atoms with van der Waals surface area (Å²) in [6.45, 7) is 0.297. The largest absolute Gasteiger partial charge is 0.349 e. The topological polar surface area (TPSA) is 72.2 Å². The van der Waals surface area contributed by atoms with Crippen LogP contribution in [0.3, 0.4) is 0 Å². The van der Waals surface area contributed by atoms with Gasteiger partial charge < -0.3 is 5.32 Å². The van der Waals surface area contributed by atoms with Crippen LogP contribution in [0.1, 0.15) is 10.4 Å². The average molecular weight is 289 g/mol. The Bertz CT molecular complexity index is 489. The van der Waals surface area contributed by atoms with Crippen molar-refractivity contribution in [1.29, 1.82) is 0 Å². The quantitative estimate of drug-likeness (QED) is 0.392. The second-order valence-corrected chi connectivity index (χ2v) is 4.04. The summed E-state index contributed by atoms with van der Waals surface area (Å²) >= 11 is 11.1. The van der Waals surface area contributed by atoms with Crippen LogP contribution in [0.4, 0.5) is 5.69 Å². The van der Waals surface area contributed by atoms with E-state index in [-0.39, 0.29) is 16.3 Å². The smallest absolute Gasteiger partial charge is 0.271 e. The lowest BCUT2D eigenvalue weighted by Gasteiger charge is -2.03. The fourth-order valence-corrected chi connectivity index (χ4v) is 1.57. The Kier molecular flexibility index (Phi) is 5.61. The van der Waals surface area contributed by atoms with Gasteiger partial charge in [-0.3, -0.25) is 14.9 Å². The zero-order valence-electron chi connectivity index (χ0n) is 9.23. The first kappa shape index (κ1) is 14.5. The predicted molar refractivity (Wildman–Crippen MR) is 70.3 cm³/mol. The van der Waals surface area contributed by atoms with Gasteiger partial charge in [0.15, 0.2) is 0 Å². The van der Waals surface area contributed by atoms with Crippen LogP contribution >= 0.6 is 23.2 Å². The van der Waals surface area contributed by atoms with Gasteiger partial charge in [0.1, 0.15) is 0 Å². The molecule has 7 heteroatoms. The molecule has 1 amide bonds. The third kappa shape index (κ3) is 4.35. The third-order valence-corrected chi connectivity index (χ3v) is 2.39. The van der Waals surface area contributed by atoms with Crippen LogP contribution in [0.15, 0.2) is 30.4 Å². The van der Waals surface area contributed by atoms with Crippen LogP contribution < -0.4 is 5.32 Å². The number of nitro benzene ring substituents is 1. The zero-order chi connectivity index (χ0) is 13.5. The van der Waals surface area contributed by atoms with E-state index in [0.29, 0.717) is 12.4 Å². The van der Waals surface area contributed by atoms with E-state index in [1.807, 2.05) is 0 Å². The highest BCUT2D eigenvalue weighted by Gasteiger charge is 2.13. The number of alkyl halides is 1. The highest BCUT2D eigenvalue weighted by molar-refractivity contribution is 6.31. The number of hydrogen-bond acceptors (Lipinski definition) is 3. The molecule has 0 heterocycles. The van der Waals surface area contributed by atoms with Gasteiger partial charge in [-0.1, -0.05) is 23.8 Å². The summed E-state index contributed by atoms with van der Waals surface area (Å²) in [5.41, 5.74) is -0.0718. The summed E-state index contributed by atoms with van der Waals surface area (Å²) < 4.78 is 0. The minimum Gasteiger partial charge on any atom is -0.349 e. The standard InChI is InChI=1S/C11H10Cl2N2O3/c12-3-1-2-4-14-11(16)8-5-9(13)7-10(6-8)15(17)18/h1-2,5-7H,3-4H2,(H,14,16)/b2-1+. The molecule has 1 aromatic carbocycles. The van der Waals surface area contributed by atoms with Gasteiger partial charge in [0, 0.05) is 35.1 Å². The molecule has 0 bridgehead atoms. The number of nitro groups is 1. The first-order valence-corrected chi connectivity index (χ1v) is 5.90. The molecular weight excluding hydrogens is 279 g/mol. The maximum absolute atomic E-state index is 11.7. The molecule has 0 unspecified atom stereocenters. The van der Waals surface area contributed by atoms with Gasteiger partial charge in [-0.25, -0.2) is 0 Å². The van der Waals surface area contributed by atoms with Crippen molar-refractivity contribution in [1.82, 2.24) is 5.32 Å². The molecule has 1 rings (SSSR count). The Hall–Kier alpha value is -1.59. The Morgan fingerprint density at radius 2 is 2.11 bits per heavy atom. The molecule has 0 aliphatic heterocycles. The first-order valence-electron chi connectivity index (χ1n) is 4.98. The van der Waals surface area contributed by atoms with Gasteiger partial charge in [-0.15, -0.1) is 11.6 Å². The molecule has 18 heavy (non-hydrogen) atoms. The monoisotopic (exact) mass is 288 g/mol. The van der Waals surface area contributed by atoms with E-state index in [0.717, 1.165) is 0 Å². The zero-order valence-corrected chi connectivity index (χ0v) is 10.7. The molecule has 1 N–H and O–H groups in total. The van der Waals surface area contributed by atoms with E-state index in [1.54, 1.807) is 12.2 Å². The summed E-state index contributed by atoms with van der Waals surface area (Å²) in [5.74, 6) is -0.0711. The van der Waals surface area contributed by atoms with Crippen molar-refractivity contribution in [2.24, 2.45) is 0 Å². The molecule has 0 atom stereocenters. The van der Waals surface area contributed by atoms with Crippen LogP contribution in [0.5, 0.6) is 0 Å². The van der Waals surface area contributed by atoms with Gasteiger partial charge >= 0.3 is 0 Å². The minimum absolute atomic E-state index is 0.144. The number of halogens is 2. The molecule has 0 aromatic heterocycles. The number of hydrogen-bond donors (Lipinski definition) is 1. The fraction of sp³-hybridized carbons (Fsp3) is 0.182. The highest BCUT2D eigenvalue weighted by Crippen LogP contribution is 2.20. The van der Waals surface area contributed by atoms with Crippen molar-refractivity contribution in [3.8, 4) is 0 Å². The van der Waals surface area contributed by atoms with Gasteiger partial charge in [0.05, 0.1) is 4.92 Å². The molecule has 0 saturated heterocycles. The number of carbonyl (C=O) groups is 1. The highest BCUT2D eigenvalue weighted by atomic mass is 35.5. The number of carbonyl (C=O) groups excluding carboxylic acids is 1. The summed E-state index contributed by atoms with van der Waals surface area (Å²) in [6, 6.07) is 3.73. The molecule has 0 aliphatic carbocycles. The van der Waals surface area contributed by atoms with Crippen LogP contribution in [-0.2, 0) is 0 Å². The molecule has 0 fully saturated rings. The molecule has 1 aromatic rings. The number of amides is 1. The van der Waals surface area contributed by atoms with Crippen LogP contribution in [-0.4, -0.2) is 23.3 Å². The van der Waals surface area contributed by atoms with E-state index < -0.39 is 10.8 Å². The lowest BCUT2D eigenvalue weighted by Crippen LogP contribution is -2.23. The Balaban J connectivity index is 2.79. The second-order valence-electron chi connectivity index (χ2n) is 3.29. The normalized spacial score (nSPS) is 10.6. The number of rotatable bonds is 5. The van der Waals surface area contributed by atoms with Gasteiger partial charge in [0.25, 0.3) is 11.6 Å². The van der Waals surface area contributed by atoms with Crippen LogP contribution in [0.25, 0.3) is 0 Å². The van der Waals surface area contributed by atoms with Crippen molar-refractivity contribution in [2.75, 3.05) is 12.4 Å². The number of nitrogens with one attached hydrogen (secondary N) is 1. The fourth-order valence-electron chi connectivity index (χ4n) is 1.21. The summed E-state index contributed by atoms with van der Waals surface area (Å²) in [6.07, 6.45) is 3.37. The molecule has 0 aliphatic rings. The maximum Gasteiger partial charge on any atom is 0.271 e. The number of nitrogens with zero attached hydrogens (tertiary/aromatic N) is 1. The van der Waals surface area contributed by atoms with E-state index in [4.69, 9.17) is 23.2 Å². The Morgan fingerprint density at radius 3 is 2.72 bits per heavy atom. The predicted octanol–water partition coefficient (Wildman–Crippen LogP) is 2.77. The number of allylic oxidation sites excluding steroid dienone is 1. The number of benzene rings is 1. The molecule has 96 valence electrons. The van der Waals surface area contributed by atoms with Crippen LogP contribution in [0, 0.1) is 10.1 Å². The molecule has 0 spiro atoms. The van der Waals surface area contributed by atoms with Gasteiger partial charge in [0.2, 0.25) is 0 Å². The molecule has 0 saturated carbocycles. The maximum atomic E-state index is 11.7. The van der Waals surface area contributed by atoms with Crippen molar-refractivity contribution >= 4 is 34.8 Å². The second kappa shape index (κ2) is 6.98. The van der Waals surface area contributed by atoms with Gasteiger partial charge in [-0.2, -0.15) is 0 Å².